The first kappa shape index (κ1) is 17.7. The summed E-state index contributed by atoms with van der Waals surface area (Å²) in [4.78, 5) is 27.3. The summed E-state index contributed by atoms with van der Waals surface area (Å²) in [7, 11) is 0. The Hall–Kier alpha value is -2.70. The first-order valence-corrected chi connectivity index (χ1v) is 9.06. The Morgan fingerprint density at radius 3 is 2.85 bits per heavy atom. The van der Waals surface area contributed by atoms with Crippen LogP contribution in [0.2, 0.25) is 0 Å². The number of benzene rings is 1. The monoisotopic (exact) mass is 372 g/mol. The largest absolute Gasteiger partial charge is 0.490 e. The molecule has 27 heavy (non-hydrogen) atoms. The van der Waals surface area contributed by atoms with Gasteiger partial charge in [0.2, 0.25) is 5.88 Å². The van der Waals surface area contributed by atoms with Crippen molar-refractivity contribution in [3.8, 4) is 11.6 Å². The minimum Gasteiger partial charge on any atom is -0.490 e. The van der Waals surface area contributed by atoms with Crippen molar-refractivity contribution in [1.29, 1.82) is 0 Å². The molecule has 1 saturated heterocycles. The van der Waals surface area contributed by atoms with Gasteiger partial charge in [-0.05, 0) is 50.3 Å². The molecule has 2 heterocycles. The quantitative estimate of drug-likeness (QED) is 0.789. The lowest BCUT2D eigenvalue weighted by atomic mass is 9.96. The zero-order valence-electron chi connectivity index (χ0n) is 15.2. The predicted octanol–water partition coefficient (Wildman–Crippen LogP) is 2.83. The molecule has 0 bridgehead atoms. The van der Waals surface area contributed by atoms with Crippen LogP contribution in [-0.2, 0) is 4.79 Å². The Kier molecular flexibility index (Phi) is 4.25. The fourth-order valence-electron chi connectivity index (χ4n) is 3.70. The SMILES string of the molecule is CC(C)Oc1cc2c(OCC3NC(=O)C(F)C34CC4)nccc2cc1C=O. The Labute approximate surface area is 156 Å². The summed E-state index contributed by atoms with van der Waals surface area (Å²) in [6.45, 7) is 3.91. The Bertz CT molecular complexity index is 910. The number of aromatic nitrogens is 1. The van der Waals surface area contributed by atoms with Crippen LogP contribution in [0.4, 0.5) is 4.39 Å². The van der Waals surface area contributed by atoms with Gasteiger partial charge in [-0.2, -0.15) is 0 Å². The first-order valence-electron chi connectivity index (χ1n) is 9.06. The van der Waals surface area contributed by atoms with E-state index in [1.807, 2.05) is 13.8 Å². The third-order valence-electron chi connectivity index (χ3n) is 5.31. The highest BCUT2D eigenvalue weighted by Gasteiger charge is 2.63. The van der Waals surface area contributed by atoms with Gasteiger partial charge in [-0.1, -0.05) is 0 Å². The number of nitrogens with zero attached hydrogens (tertiary/aromatic N) is 1. The molecule has 1 amide bonds. The number of hydrogen-bond donors (Lipinski definition) is 1. The molecular formula is C20H21FN2O4. The van der Waals surface area contributed by atoms with Gasteiger partial charge in [-0.15, -0.1) is 0 Å². The van der Waals surface area contributed by atoms with E-state index in [4.69, 9.17) is 9.47 Å². The van der Waals surface area contributed by atoms with Gasteiger partial charge in [0.25, 0.3) is 5.91 Å². The summed E-state index contributed by atoms with van der Waals surface area (Å²) < 4.78 is 25.7. The third kappa shape index (κ3) is 3.01. The molecular weight excluding hydrogens is 351 g/mol. The van der Waals surface area contributed by atoms with Crippen LogP contribution in [0.5, 0.6) is 11.6 Å². The zero-order chi connectivity index (χ0) is 19.2. The van der Waals surface area contributed by atoms with Crippen LogP contribution in [0.25, 0.3) is 10.8 Å². The number of aldehydes is 1. The molecule has 1 aliphatic heterocycles. The topological polar surface area (TPSA) is 77.5 Å². The molecule has 2 fully saturated rings. The number of carbonyl (C=O) groups is 2. The van der Waals surface area contributed by atoms with Crippen LogP contribution >= 0.6 is 0 Å². The maximum atomic E-state index is 14.1. The van der Waals surface area contributed by atoms with Gasteiger partial charge in [0.15, 0.2) is 12.5 Å². The van der Waals surface area contributed by atoms with E-state index >= 15 is 0 Å². The Balaban J connectivity index is 1.62. The van der Waals surface area contributed by atoms with Gasteiger partial charge in [-0.3, -0.25) is 9.59 Å². The van der Waals surface area contributed by atoms with Crippen molar-refractivity contribution in [1.82, 2.24) is 10.3 Å². The molecule has 7 heteroatoms. The van der Waals surface area contributed by atoms with E-state index in [1.165, 1.54) is 0 Å². The highest BCUT2D eigenvalue weighted by molar-refractivity contribution is 5.94. The summed E-state index contributed by atoms with van der Waals surface area (Å²) in [6, 6.07) is 4.88. The normalized spacial score (nSPS) is 22.9. The molecule has 1 aromatic heterocycles. The minimum absolute atomic E-state index is 0.0906. The van der Waals surface area contributed by atoms with E-state index in [0.717, 1.165) is 11.7 Å². The number of carbonyl (C=O) groups excluding carboxylic acids is 2. The zero-order valence-corrected chi connectivity index (χ0v) is 15.2. The molecule has 1 aliphatic carbocycles. The lowest BCUT2D eigenvalue weighted by molar-refractivity contribution is -0.124. The molecule has 1 N–H and O–H groups in total. The van der Waals surface area contributed by atoms with Crippen molar-refractivity contribution in [3.63, 3.8) is 0 Å². The predicted molar refractivity (Wildman–Crippen MR) is 96.9 cm³/mol. The number of halogens is 1. The van der Waals surface area contributed by atoms with Crippen molar-refractivity contribution in [2.45, 2.75) is 45.0 Å². The number of fused-ring (bicyclic) bond motifs is 1. The van der Waals surface area contributed by atoms with Gasteiger partial charge in [0.05, 0.1) is 17.7 Å². The molecule has 1 spiro atoms. The van der Waals surface area contributed by atoms with E-state index in [9.17, 15) is 14.0 Å². The van der Waals surface area contributed by atoms with Crippen molar-refractivity contribution in [2.24, 2.45) is 5.41 Å². The van der Waals surface area contributed by atoms with Gasteiger partial charge in [0, 0.05) is 17.0 Å². The van der Waals surface area contributed by atoms with Gasteiger partial charge < -0.3 is 14.8 Å². The van der Waals surface area contributed by atoms with E-state index in [2.05, 4.69) is 10.3 Å². The van der Waals surface area contributed by atoms with Crippen molar-refractivity contribution < 1.29 is 23.5 Å². The number of nitrogens with one attached hydrogen (secondary N) is 1. The lowest BCUT2D eigenvalue weighted by Crippen LogP contribution is -2.36. The van der Waals surface area contributed by atoms with Crippen molar-refractivity contribution >= 4 is 23.0 Å². The van der Waals surface area contributed by atoms with Crippen molar-refractivity contribution in [3.05, 3.63) is 30.0 Å². The second-order valence-corrected chi connectivity index (χ2v) is 7.48. The van der Waals surface area contributed by atoms with Crippen LogP contribution in [0.3, 0.4) is 0 Å². The molecule has 2 aromatic rings. The second kappa shape index (κ2) is 6.48. The molecule has 1 aromatic carbocycles. The fourth-order valence-corrected chi connectivity index (χ4v) is 3.70. The summed E-state index contributed by atoms with van der Waals surface area (Å²) in [5.74, 6) is 0.267. The third-order valence-corrected chi connectivity index (χ3v) is 5.31. The number of pyridine rings is 1. The molecule has 0 radical (unpaired) electrons. The van der Waals surface area contributed by atoms with E-state index < -0.39 is 17.5 Å². The number of rotatable bonds is 6. The highest BCUT2D eigenvalue weighted by Crippen LogP contribution is 2.55. The molecule has 2 atom stereocenters. The molecule has 142 valence electrons. The van der Waals surface area contributed by atoms with Gasteiger partial charge in [0.1, 0.15) is 12.4 Å². The number of alkyl halides is 1. The second-order valence-electron chi connectivity index (χ2n) is 7.48. The molecule has 2 aliphatic rings. The number of ether oxygens (including phenoxy) is 2. The van der Waals surface area contributed by atoms with Crippen LogP contribution in [0.15, 0.2) is 24.4 Å². The van der Waals surface area contributed by atoms with Crippen LogP contribution in [0, 0.1) is 5.41 Å². The van der Waals surface area contributed by atoms with E-state index in [1.54, 1.807) is 24.4 Å². The molecule has 2 unspecified atom stereocenters. The Morgan fingerprint density at radius 2 is 2.19 bits per heavy atom. The summed E-state index contributed by atoms with van der Waals surface area (Å²) in [5.41, 5.74) is -0.174. The highest BCUT2D eigenvalue weighted by atomic mass is 19.1. The van der Waals surface area contributed by atoms with Crippen LogP contribution in [-0.4, -0.2) is 42.1 Å². The maximum absolute atomic E-state index is 14.1. The lowest BCUT2D eigenvalue weighted by Gasteiger charge is -2.19. The average molecular weight is 372 g/mol. The molecule has 1 saturated carbocycles. The van der Waals surface area contributed by atoms with E-state index in [-0.39, 0.29) is 18.8 Å². The van der Waals surface area contributed by atoms with Gasteiger partial charge in [-0.25, -0.2) is 9.37 Å². The summed E-state index contributed by atoms with van der Waals surface area (Å²) in [5, 5.41) is 4.18. The fraction of sp³-hybridized carbons (Fsp3) is 0.450. The van der Waals surface area contributed by atoms with Crippen LogP contribution in [0.1, 0.15) is 37.0 Å². The molecule has 4 rings (SSSR count). The van der Waals surface area contributed by atoms with Crippen LogP contribution < -0.4 is 14.8 Å². The smallest absolute Gasteiger partial charge is 0.255 e. The first-order chi connectivity index (χ1) is 12.9. The maximum Gasteiger partial charge on any atom is 0.255 e. The summed E-state index contributed by atoms with van der Waals surface area (Å²) >= 11 is 0. The minimum atomic E-state index is -1.47. The summed E-state index contributed by atoms with van der Waals surface area (Å²) in [6.07, 6.45) is 2.15. The number of hydrogen-bond acceptors (Lipinski definition) is 5. The number of amides is 1. The average Bonchev–Trinajstić information content (AvgIpc) is 3.41. The van der Waals surface area contributed by atoms with Gasteiger partial charge >= 0.3 is 0 Å². The standard InChI is InChI=1S/C20H21FN2O4/c1-11(2)27-15-8-14-12(7-13(15)9-24)3-6-22-19(14)26-10-16-20(4-5-20)17(21)18(25)23-16/h3,6-9,11,16-17H,4-5,10H2,1-2H3,(H,23,25). The van der Waals surface area contributed by atoms with Crippen molar-refractivity contribution in [2.75, 3.05) is 6.61 Å². The van der Waals surface area contributed by atoms with E-state index in [0.29, 0.717) is 35.4 Å². The molecule has 6 nitrogen and oxygen atoms in total. The Morgan fingerprint density at radius 1 is 1.41 bits per heavy atom.